The molecule has 2 aromatic heterocycles. The lowest BCUT2D eigenvalue weighted by molar-refractivity contribution is 0.306. The van der Waals surface area contributed by atoms with Crippen LogP contribution in [0, 0.1) is 13.8 Å². The molecule has 0 N–H and O–H groups in total. The molecule has 0 unspecified atom stereocenters. The zero-order valence-corrected chi connectivity index (χ0v) is 23.6. The lowest BCUT2D eigenvalue weighted by Gasteiger charge is -2.12. The van der Waals surface area contributed by atoms with E-state index in [1.807, 2.05) is 81.4 Å². The summed E-state index contributed by atoms with van der Waals surface area (Å²) >= 11 is 9.68. The monoisotopic (exact) mass is 588 g/mol. The van der Waals surface area contributed by atoms with E-state index in [1.165, 1.54) is 4.68 Å². The van der Waals surface area contributed by atoms with Gasteiger partial charge in [-0.2, -0.15) is 9.78 Å². The van der Waals surface area contributed by atoms with Crippen molar-refractivity contribution < 1.29 is 4.74 Å². The summed E-state index contributed by atoms with van der Waals surface area (Å²) in [6.45, 7) is 6.45. The molecule has 0 bridgehead atoms. The standard InChI is InChI=1S/C30H26BrClN4O2/c1-4-29-34-28-14-9-23(31)16-26(28)30(37)36(29)33-17-22-15-19(2)35(20(22)3)24-10-12-25(13-11-24)38-18-21-7-5-6-8-27(21)32/h5-17H,4,18H2,1-3H3. The summed E-state index contributed by atoms with van der Waals surface area (Å²) in [4.78, 5) is 17.9. The Morgan fingerprint density at radius 1 is 1.05 bits per heavy atom. The largest absolute Gasteiger partial charge is 0.489 e. The molecule has 0 radical (unpaired) electrons. The minimum absolute atomic E-state index is 0.189. The molecule has 0 atom stereocenters. The molecular formula is C30H26BrClN4O2. The van der Waals surface area contributed by atoms with E-state index in [9.17, 15) is 4.79 Å². The highest BCUT2D eigenvalue weighted by Crippen LogP contribution is 2.24. The van der Waals surface area contributed by atoms with Crippen LogP contribution < -0.4 is 10.3 Å². The van der Waals surface area contributed by atoms with Gasteiger partial charge in [-0.1, -0.05) is 52.7 Å². The second-order valence-electron chi connectivity index (χ2n) is 8.94. The molecule has 0 aliphatic rings. The van der Waals surface area contributed by atoms with Gasteiger partial charge in [0, 0.05) is 44.1 Å². The molecule has 192 valence electrons. The molecule has 0 saturated carbocycles. The molecule has 38 heavy (non-hydrogen) atoms. The summed E-state index contributed by atoms with van der Waals surface area (Å²) in [5.41, 5.74) is 5.41. The van der Waals surface area contributed by atoms with Crippen LogP contribution in [0.15, 0.2) is 87.2 Å². The molecule has 0 aliphatic heterocycles. The van der Waals surface area contributed by atoms with Crippen LogP contribution >= 0.6 is 27.5 Å². The number of rotatable bonds is 7. The Balaban J connectivity index is 1.41. The second kappa shape index (κ2) is 11.0. The maximum absolute atomic E-state index is 13.2. The Morgan fingerprint density at radius 3 is 2.55 bits per heavy atom. The van der Waals surface area contributed by atoms with Gasteiger partial charge in [-0.3, -0.25) is 4.79 Å². The highest BCUT2D eigenvalue weighted by Gasteiger charge is 2.12. The first-order chi connectivity index (χ1) is 18.4. The van der Waals surface area contributed by atoms with Crippen molar-refractivity contribution in [1.82, 2.24) is 14.2 Å². The topological polar surface area (TPSA) is 61.4 Å². The average molecular weight is 590 g/mol. The highest BCUT2D eigenvalue weighted by atomic mass is 79.9. The van der Waals surface area contributed by atoms with Crippen molar-refractivity contribution in [3.63, 3.8) is 0 Å². The van der Waals surface area contributed by atoms with Gasteiger partial charge in [0.2, 0.25) is 0 Å². The van der Waals surface area contributed by atoms with Gasteiger partial charge in [0.1, 0.15) is 18.2 Å². The zero-order chi connectivity index (χ0) is 26.8. The van der Waals surface area contributed by atoms with Gasteiger partial charge in [-0.25, -0.2) is 4.98 Å². The third-order valence-corrected chi connectivity index (χ3v) is 7.28. The van der Waals surface area contributed by atoms with E-state index in [4.69, 9.17) is 16.3 Å². The Bertz CT molecular complexity index is 1720. The molecular weight excluding hydrogens is 564 g/mol. The third kappa shape index (κ3) is 5.17. The van der Waals surface area contributed by atoms with Gasteiger partial charge < -0.3 is 9.30 Å². The minimum atomic E-state index is -0.189. The predicted molar refractivity (Wildman–Crippen MR) is 157 cm³/mol. The van der Waals surface area contributed by atoms with Crippen LogP contribution in [0.25, 0.3) is 16.6 Å². The number of hydrogen-bond acceptors (Lipinski definition) is 4. The SMILES string of the molecule is CCc1nc2ccc(Br)cc2c(=O)n1N=Cc1cc(C)n(-c2ccc(OCc3ccccc3Cl)cc2)c1C. The van der Waals surface area contributed by atoms with E-state index in [1.54, 1.807) is 12.3 Å². The first-order valence-electron chi connectivity index (χ1n) is 12.3. The van der Waals surface area contributed by atoms with Crippen molar-refractivity contribution in [3.05, 3.63) is 121 Å². The van der Waals surface area contributed by atoms with Crippen LogP contribution in [-0.2, 0) is 13.0 Å². The number of aryl methyl sites for hydroxylation is 2. The van der Waals surface area contributed by atoms with Crippen molar-refractivity contribution in [2.45, 2.75) is 33.8 Å². The van der Waals surface area contributed by atoms with Crippen LogP contribution in [0.5, 0.6) is 5.75 Å². The fraction of sp³-hybridized carbons (Fsp3) is 0.167. The van der Waals surface area contributed by atoms with Gasteiger partial charge in [0.15, 0.2) is 0 Å². The number of halogens is 2. The van der Waals surface area contributed by atoms with Crippen molar-refractivity contribution in [2.24, 2.45) is 5.10 Å². The average Bonchev–Trinajstić information content (AvgIpc) is 3.20. The van der Waals surface area contributed by atoms with Crippen molar-refractivity contribution >= 4 is 44.6 Å². The van der Waals surface area contributed by atoms with E-state index < -0.39 is 0 Å². The first kappa shape index (κ1) is 25.9. The maximum Gasteiger partial charge on any atom is 0.282 e. The maximum atomic E-state index is 13.2. The van der Waals surface area contributed by atoms with E-state index in [-0.39, 0.29) is 5.56 Å². The summed E-state index contributed by atoms with van der Waals surface area (Å²) < 4.78 is 10.3. The Morgan fingerprint density at radius 2 is 1.82 bits per heavy atom. The van der Waals surface area contributed by atoms with E-state index >= 15 is 0 Å². The molecule has 6 nitrogen and oxygen atoms in total. The number of fused-ring (bicyclic) bond motifs is 1. The highest BCUT2D eigenvalue weighted by molar-refractivity contribution is 9.10. The van der Waals surface area contributed by atoms with Crippen molar-refractivity contribution in [1.29, 1.82) is 0 Å². The van der Waals surface area contributed by atoms with Gasteiger partial charge in [-0.05, 0) is 68.4 Å². The molecule has 3 aromatic carbocycles. The number of hydrogen-bond donors (Lipinski definition) is 0. The normalized spacial score (nSPS) is 11.5. The predicted octanol–water partition coefficient (Wildman–Crippen LogP) is 7.24. The number of aromatic nitrogens is 3. The number of nitrogens with zero attached hydrogens (tertiary/aromatic N) is 4. The van der Waals surface area contributed by atoms with E-state index in [2.05, 4.69) is 36.6 Å². The van der Waals surface area contributed by atoms with Crippen LogP contribution in [0.1, 0.15) is 35.3 Å². The van der Waals surface area contributed by atoms with Gasteiger partial charge in [-0.15, -0.1) is 0 Å². The molecule has 5 rings (SSSR count). The Hall–Kier alpha value is -3.68. The smallest absolute Gasteiger partial charge is 0.282 e. The lowest BCUT2D eigenvalue weighted by Crippen LogP contribution is -2.22. The van der Waals surface area contributed by atoms with Gasteiger partial charge in [0.05, 0.1) is 17.1 Å². The van der Waals surface area contributed by atoms with Crippen LogP contribution in [0.4, 0.5) is 0 Å². The molecule has 0 spiro atoms. The zero-order valence-electron chi connectivity index (χ0n) is 21.3. The number of benzene rings is 3. The van der Waals surface area contributed by atoms with E-state index in [0.717, 1.165) is 38.4 Å². The summed E-state index contributed by atoms with van der Waals surface area (Å²) in [6.07, 6.45) is 2.31. The van der Waals surface area contributed by atoms with Crippen molar-refractivity contribution in [2.75, 3.05) is 0 Å². The molecule has 0 amide bonds. The van der Waals surface area contributed by atoms with Crippen LogP contribution in [0.2, 0.25) is 5.02 Å². The Kier molecular flexibility index (Phi) is 7.49. The molecule has 8 heteroatoms. The van der Waals surface area contributed by atoms with Crippen LogP contribution in [-0.4, -0.2) is 20.4 Å². The lowest BCUT2D eigenvalue weighted by atomic mass is 10.2. The Labute approximate surface area is 234 Å². The molecule has 0 fully saturated rings. The third-order valence-electron chi connectivity index (χ3n) is 6.42. The summed E-state index contributed by atoms with van der Waals surface area (Å²) in [7, 11) is 0. The molecule has 0 saturated heterocycles. The van der Waals surface area contributed by atoms with E-state index in [0.29, 0.717) is 34.8 Å². The van der Waals surface area contributed by atoms with Crippen molar-refractivity contribution in [3.8, 4) is 11.4 Å². The molecule has 2 heterocycles. The molecule has 5 aromatic rings. The minimum Gasteiger partial charge on any atom is -0.489 e. The summed E-state index contributed by atoms with van der Waals surface area (Å²) in [5.74, 6) is 1.38. The summed E-state index contributed by atoms with van der Waals surface area (Å²) in [5, 5.41) is 5.78. The molecule has 0 aliphatic carbocycles. The first-order valence-corrected chi connectivity index (χ1v) is 13.4. The fourth-order valence-electron chi connectivity index (χ4n) is 4.45. The summed E-state index contributed by atoms with van der Waals surface area (Å²) in [6, 6.07) is 23.2. The second-order valence-corrected chi connectivity index (χ2v) is 10.3. The number of ether oxygens (including phenoxy) is 1. The van der Waals surface area contributed by atoms with Gasteiger partial charge >= 0.3 is 0 Å². The quantitative estimate of drug-likeness (QED) is 0.188. The van der Waals surface area contributed by atoms with Gasteiger partial charge in [0.25, 0.3) is 5.56 Å². The van der Waals surface area contributed by atoms with Crippen LogP contribution in [0.3, 0.4) is 0 Å². The fourth-order valence-corrected chi connectivity index (χ4v) is 5.00.